The number of hydrogen-bond acceptors (Lipinski definition) is 2. The molecule has 1 fully saturated rings. The normalized spacial score (nSPS) is 20.4. The lowest BCUT2D eigenvalue weighted by Gasteiger charge is -2.30. The van der Waals surface area contributed by atoms with Crippen molar-refractivity contribution in [3.05, 3.63) is 23.7 Å². The molecule has 2 rings (SSSR count). The topological polar surface area (TPSA) is 45.5 Å². The van der Waals surface area contributed by atoms with Crippen LogP contribution in [0, 0.1) is 12.8 Å². The number of likely N-dealkylation sites (tertiary alicyclic amines) is 1. The smallest absolute Gasteiger partial charge is 0.317 e. The first-order valence-corrected chi connectivity index (χ1v) is 6.23. The number of aryl methyl sites for hydroxylation is 1. The Bertz CT molecular complexity index is 387. The summed E-state index contributed by atoms with van der Waals surface area (Å²) in [5, 5.41) is 2.90. The van der Waals surface area contributed by atoms with Crippen molar-refractivity contribution in [3.63, 3.8) is 0 Å². The summed E-state index contributed by atoms with van der Waals surface area (Å²) in [5.41, 5.74) is 0. The molecular formula is C13H20N2O2. The van der Waals surface area contributed by atoms with Gasteiger partial charge in [0.25, 0.3) is 0 Å². The molecule has 2 heterocycles. The number of nitrogens with one attached hydrogen (secondary N) is 1. The van der Waals surface area contributed by atoms with E-state index in [0.29, 0.717) is 12.5 Å². The highest BCUT2D eigenvalue weighted by molar-refractivity contribution is 5.74. The highest BCUT2D eigenvalue weighted by Crippen LogP contribution is 2.15. The number of amides is 2. The summed E-state index contributed by atoms with van der Waals surface area (Å²) in [7, 11) is 0. The predicted octanol–water partition coefficient (Wildman–Crippen LogP) is 2.53. The fourth-order valence-electron chi connectivity index (χ4n) is 2.23. The summed E-state index contributed by atoms with van der Waals surface area (Å²) in [6.45, 7) is 6.29. The Morgan fingerprint density at radius 1 is 1.59 bits per heavy atom. The van der Waals surface area contributed by atoms with Crippen molar-refractivity contribution in [2.24, 2.45) is 5.92 Å². The van der Waals surface area contributed by atoms with Crippen molar-refractivity contribution in [1.29, 1.82) is 0 Å². The number of rotatable bonds is 2. The highest BCUT2D eigenvalue weighted by atomic mass is 16.3. The summed E-state index contributed by atoms with van der Waals surface area (Å²) >= 11 is 0. The van der Waals surface area contributed by atoms with Crippen LogP contribution < -0.4 is 5.32 Å². The molecule has 1 unspecified atom stereocenters. The number of piperidine rings is 1. The minimum absolute atomic E-state index is 0.0191. The van der Waals surface area contributed by atoms with Gasteiger partial charge in [0.15, 0.2) is 0 Å². The van der Waals surface area contributed by atoms with Crippen LogP contribution in [0.25, 0.3) is 0 Å². The van der Waals surface area contributed by atoms with Crippen LogP contribution in [-0.2, 0) is 6.54 Å². The van der Waals surface area contributed by atoms with Crippen molar-refractivity contribution in [3.8, 4) is 0 Å². The van der Waals surface area contributed by atoms with E-state index in [0.717, 1.165) is 31.0 Å². The predicted molar refractivity (Wildman–Crippen MR) is 65.7 cm³/mol. The number of carbonyl (C=O) groups excluding carboxylic acids is 1. The first kappa shape index (κ1) is 12.0. The van der Waals surface area contributed by atoms with E-state index in [1.807, 2.05) is 24.0 Å². The average Bonchev–Trinajstić information content (AvgIpc) is 2.72. The summed E-state index contributed by atoms with van der Waals surface area (Å²) in [6.07, 6.45) is 2.33. The maximum atomic E-state index is 11.9. The molecule has 1 aromatic heterocycles. The number of hydrogen-bond donors (Lipinski definition) is 1. The van der Waals surface area contributed by atoms with Crippen molar-refractivity contribution >= 4 is 6.03 Å². The van der Waals surface area contributed by atoms with Gasteiger partial charge in [-0.25, -0.2) is 4.79 Å². The van der Waals surface area contributed by atoms with Crippen molar-refractivity contribution in [1.82, 2.24) is 10.2 Å². The summed E-state index contributed by atoms with van der Waals surface area (Å²) in [6, 6.07) is 3.82. The first-order valence-electron chi connectivity index (χ1n) is 6.23. The molecule has 94 valence electrons. The lowest BCUT2D eigenvalue weighted by atomic mass is 10.0. The van der Waals surface area contributed by atoms with Gasteiger partial charge >= 0.3 is 6.03 Å². The van der Waals surface area contributed by atoms with E-state index < -0.39 is 0 Å². The number of nitrogens with zero attached hydrogens (tertiary/aromatic N) is 1. The van der Waals surface area contributed by atoms with E-state index >= 15 is 0 Å². The molecule has 0 spiro atoms. The maximum absolute atomic E-state index is 11.9. The molecule has 0 aromatic carbocycles. The Labute approximate surface area is 102 Å². The van der Waals surface area contributed by atoms with Crippen LogP contribution in [-0.4, -0.2) is 24.0 Å². The maximum Gasteiger partial charge on any atom is 0.317 e. The van der Waals surface area contributed by atoms with Gasteiger partial charge in [-0.1, -0.05) is 6.92 Å². The Balaban J connectivity index is 1.80. The Morgan fingerprint density at radius 3 is 3.06 bits per heavy atom. The van der Waals surface area contributed by atoms with Crippen LogP contribution in [0.1, 0.15) is 31.3 Å². The molecule has 1 aliphatic heterocycles. The first-order chi connectivity index (χ1) is 8.15. The Hall–Kier alpha value is -1.45. The van der Waals surface area contributed by atoms with E-state index in [4.69, 9.17) is 4.42 Å². The number of furan rings is 1. The standard InChI is InChI=1S/C13H20N2O2/c1-10-4-3-7-15(9-10)13(16)14-8-12-6-5-11(2)17-12/h5-6,10H,3-4,7-9H2,1-2H3,(H,14,16). The third-order valence-electron chi connectivity index (χ3n) is 3.15. The molecule has 0 saturated carbocycles. The van der Waals surface area contributed by atoms with Crippen molar-refractivity contribution in [2.45, 2.75) is 33.2 Å². The molecule has 4 nitrogen and oxygen atoms in total. The molecule has 1 saturated heterocycles. The third kappa shape index (κ3) is 3.25. The fourth-order valence-corrected chi connectivity index (χ4v) is 2.23. The van der Waals surface area contributed by atoms with E-state index in [9.17, 15) is 4.79 Å². The number of urea groups is 1. The van der Waals surface area contributed by atoms with Crippen molar-refractivity contribution in [2.75, 3.05) is 13.1 Å². The second-order valence-electron chi connectivity index (χ2n) is 4.86. The van der Waals surface area contributed by atoms with Gasteiger partial charge in [0.1, 0.15) is 11.5 Å². The number of carbonyl (C=O) groups is 1. The second-order valence-corrected chi connectivity index (χ2v) is 4.86. The molecule has 4 heteroatoms. The Morgan fingerprint density at radius 2 is 2.41 bits per heavy atom. The SMILES string of the molecule is Cc1ccc(CNC(=O)N2CCCC(C)C2)o1. The molecule has 2 amide bonds. The molecule has 1 aliphatic rings. The lowest BCUT2D eigenvalue weighted by molar-refractivity contribution is 0.168. The molecule has 0 bridgehead atoms. The molecular weight excluding hydrogens is 216 g/mol. The van der Waals surface area contributed by atoms with Gasteiger partial charge in [0, 0.05) is 13.1 Å². The lowest BCUT2D eigenvalue weighted by Crippen LogP contribution is -2.44. The van der Waals surface area contributed by atoms with E-state index in [2.05, 4.69) is 12.2 Å². The molecule has 0 aliphatic carbocycles. The van der Waals surface area contributed by atoms with Crippen LogP contribution in [0.4, 0.5) is 4.79 Å². The van der Waals surface area contributed by atoms with Gasteiger partial charge < -0.3 is 14.6 Å². The summed E-state index contributed by atoms with van der Waals surface area (Å²) < 4.78 is 5.41. The Kier molecular flexibility index (Phi) is 3.71. The zero-order valence-electron chi connectivity index (χ0n) is 10.5. The van der Waals surface area contributed by atoms with E-state index in [1.165, 1.54) is 6.42 Å². The minimum atomic E-state index is 0.0191. The monoisotopic (exact) mass is 236 g/mol. The van der Waals surface area contributed by atoms with Gasteiger partial charge in [-0.3, -0.25) is 0 Å². The van der Waals surface area contributed by atoms with Crippen LogP contribution in [0.15, 0.2) is 16.5 Å². The van der Waals surface area contributed by atoms with E-state index in [-0.39, 0.29) is 6.03 Å². The highest BCUT2D eigenvalue weighted by Gasteiger charge is 2.20. The largest absolute Gasteiger partial charge is 0.465 e. The quantitative estimate of drug-likeness (QED) is 0.857. The average molecular weight is 236 g/mol. The molecule has 0 radical (unpaired) electrons. The molecule has 1 N–H and O–H groups in total. The second kappa shape index (κ2) is 5.25. The van der Waals surface area contributed by atoms with Crippen LogP contribution >= 0.6 is 0 Å². The zero-order valence-corrected chi connectivity index (χ0v) is 10.5. The fraction of sp³-hybridized carbons (Fsp3) is 0.615. The molecule has 1 aromatic rings. The molecule has 1 atom stereocenters. The molecule has 17 heavy (non-hydrogen) atoms. The summed E-state index contributed by atoms with van der Waals surface area (Å²) in [4.78, 5) is 13.8. The van der Waals surface area contributed by atoms with Gasteiger partial charge in [0.2, 0.25) is 0 Å². The van der Waals surface area contributed by atoms with Crippen molar-refractivity contribution < 1.29 is 9.21 Å². The van der Waals surface area contributed by atoms with Gasteiger partial charge in [-0.15, -0.1) is 0 Å². The van der Waals surface area contributed by atoms with Gasteiger partial charge in [0.05, 0.1) is 6.54 Å². The zero-order chi connectivity index (χ0) is 12.3. The van der Waals surface area contributed by atoms with Gasteiger partial charge in [-0.2, -0.15) is 0 Å². The third-order valence-corrected chi connectivity index (χ3v) is 3.15. The minimum Gasteiger partial charge on any atom is -0.465 e. The van der Waals surface area contributed by atoms with Gasteiger partial charge in [-0.05, 0) is 37.8 Å². The van der Waals surface area contributed by atoms with Crippen LogP contribution in [0.5, 0.6) is 0 Å². The summed E-state index contributed by atoms with van der Waals surface area (Å²) in [5.74, 6) is 2.29. The van der Waals surface area contributed by atoms with Crippen LogP contribution in [0.3, 0.4) is 0 Å². The van der Waals surface area contributed by atoms with Crippen LogP contribution in [0.2, 0.25) is 0 Å². The van der Waals surface area contributed by atoms with E-state index in [1.54, 1.807) is 0 Å².